The zero-order valence-electron chi connectivity index (χ0n) is 8.81. The van der Waals surface area contributed by atoms with Crippen LogP contribution < -0.4 is 5.73 Å². The van der Waals surface area contributed by atoms with Crippen LogP contribution in [0.5, 0.6) is 0 Å². The molecule has 0 spiro atoms. The molecule has 2 rings (SSSR count). The summed E-state index contributed by atoms with van der Waals surface area (Å²) in [6, 6.07) is 4.17. The Balaban J connectivity index is 2.31. The maximum absolute atomic E-state index is 5.60. The van der Waals surface area contributed by atoms with Crippen LogP contribution in [-0.2, 0) is 13.1 Å². The monoisotopic (exact) mass is 221 g/mol. The zero-order chi connectivity index (χ0) is 10.7. The molecule has 0 unspecified atom stereocenters. The van der Waals surface area contributed by atoms with Crippen molar-refractivity contribution >= 4 is 11.3 Å². The van der Waals surface area contributed by atoms with E-state index in [-0.39, 0.29) is 0 Å². The van der Waals surface area contributed by atoms with Crippen LogP contribution in [0.15, 0.2) is 24.5 Å². The molecule has 3 nitrogen and oxygen atoms in total. The molecule has 0 aliphatic heterocycles. The summed E-state index contributed by atoms with van der Waals surface area (Å²) >= 11 is 1.72. The first kappa shape index (κ1) is 10.4. The molecule has 0 saturated carbocycles. The summed E-state index contributed by atoms with van der Waals surface area (Å²) in [5, 5.41) is 0. The van der Waals surface area contributed by atoms with Gasteiger partial charge in [-0.05, 0) is 18.6 Å². The lowest BCUT2D eigenvalue weighted by Crippen LogP contribution is -1.96. The van der Waals surface area contributed by atoms with Crippen LogP contribution in [0.3, 0.4) is 0 Å². The van der Waals surface area contributed by atoms with Gasteiger partial charge in [-0.1, -0.05) is 6.92 Å². The molecule has 4 heteroatoms. The summed E-state index contributed by atoms with van der Waals surface area (Å²) in [5.41, 5.74) is 5.60. The van der Waals surface area contributed by atoms with Crippen LogP contribution >= 0.6 is 11.3 Å². The van der Waals surface area contributed by atoms with Crippen molar-refractivity contribution in [3.05, 3.63) is 29.4 Å². The average molecular weight is 221 g/mol. The molecule has 0 aromatic carbocycles. The number of thiophene rings is 1. The highest BCUT2D eigenvalue weighted by Gasteiger charge is 2.07. The molecule has 2 N–H and O–H groups in total. The van der Waals surface area contributed by atoms with Gasteiger partial charge in [-0.25, -0.2) is 4.98 Å². The molecule has 2 heterocycles. The van der Waals surface area contributed by atoms with Crippen molar-refractivity contribution in [1.82, 2.24) is 9.55 Å². The molecular formula is C11H15N3S. The molecule has 80 valence electrons. The number of hydrogen-bond acceptors (Lipinski definition) is 3. The number of nitrogens with zero attached hydrogens (tertiary/aromatic N) is 2. The van der Waals surface area contributed by atoms with E-state index in [9.17, 15) is 0 Å². The molecule has 0 bridgehead atoms. The van der Waals surface area contributed by atoms with Crippen LogP contribution in [0.4, 0.5) is 0 Å². The lowest BCUT2D eigenvalue weighted by atomic mass is 10.4. The second-order valence-electron chi connectivity index (χ2n) is 3.41. The van der Waals surface area contributed by atoms with Gasteiger partial charge in [0, 0.05) is 30.4 Å². The van der Waals surface area contributed by atoms with Crippen molar-refractivity contribution in [2.45, 2.75) is 26.4 Å². The van der Waals surface area contributed by atoms with Crippen molar-refractivity contribution in [2.75, 3.05) is 0 Å². The van der Waals surface area contributed by atoms with Gasteiger partial charge in [-0.2, -0.15) is 0 Å². The van der Waals surface area contributed by atoms with Gasteiger partial charge >= 0.3 is 0 Å². The van der Waals surface area contributed by atoms with Crippen molar-refractivity contribution in [2.24, 2.45) is 5.73 Å². The van der Waals surface area contributed by atoms with E-state index in [2.05, 4.69) is 28.6 Å². The molecule has 0 radical (unpaired) electrons. The minimum atomic E-state index is 0.610. The highest BCUT2D eigenvalue weighted by molar-refractivity contribution is 7.15. The number of imidazole rings is 1. The summed E-state index contributed by atoms with van der Waals surface area (Å²) in [7, 11) is 0. The second-order valence-corrected chi connectivity index (χ2v) is 4.58. The Morgan fingerprint density at radius 1 is 1.47 bits per heavy atom. The van der Waals surface area contributed by atoms with E-state index in [1.807, 2.05) is 12.4 Å². The van der Waals surface area contributed by atoms with Gasteiger partial charge in [0.25, 0.3) is 0 Å². The molecule has 0 fully saturated rings. The standard InChI is InChI=1S/C11H15N3S/c1-2-6-14-7-5-13-11(14)10-4-3-9(8-12)15-10/h3-5,7H,2,6,8,12H2,1H3. The Kier molecular flexibility index (Phi) is 3.18. The fourth-order valence-electron chi connectivity index (χ4n) is 1.56. The molecule has 0 saturated heterocycles. The van der Waals surface area contributed by atoms with Crippen LogP contribution in [0, 0.1) is 0 Å². The highest BCUT2D eigenvalue weighted by atomic mass is 32.1. The molecule has 15 heavy (non-hydrogen) atoms. The third kappa shape index (κ3) is 2.11. The Morgan fingerprint density at radius 2 is 2.33 bits per heavy atom. The van der Waals surface area contributed by atoms with Gasteiger partial charge in [0.05, 0.1) is 4.88 Å². The van der Waals surface area contributed by atoms with Gasteiger partial charge < -0.3 is 10.3 Å². The zero-order valence-corrected chi connectivity index (χ0v) is 9.63. The number of aryl methyl sites for hydroxylation is 1. The van der Waals surface area contributed by atoms with Gasteiger partial charge in [-0.3, -0.25) is 0 Å². The van der Waals surface area contributed by atoms with E-state index in [0.717, 1.165) is 18.8 Å². The van der Waals surface area contributed by atoms with Crippen LogP contribution in [-0.4, -0.2) is 9.55 Å². The number of rotatable bonds is 4. The summed E-state index contributed by atoms with van der Waals surface area (Å²) < 4.78 is 2.19. The van der Waals surface area contributed by atoms with Crippen molar-refractivity contribution < 1.29 is 0 Å². The topological polar surface area (TPSA) is 43.8 Å². The Morgan fingerprint density at radius 3 is 3.00 bits per heavy atom. The molecule has 0 aliphatic carbocycles. The number of hydrogen-bond donors (Lipinski definition) is 1. The van der Waals surface area contributed by atoms with E-state index in [1.54, 1.807) is 11.3 Å². The average Bonchev–Trinajstić information content (AvgIpc) is 2.85. The van der Waals surface area contributed by atoms with E-state index < -0.39 is 0 Å². The van der Waals surface area contributed by atoms with E-state index in [4.69, 9.17) is 5.73 Å². The summed E-state index contributed by atoms with van der Waals surface area (Å²) in [6.07, 6.45) is 5.01. The predicted molar refractivity (Wildman–Crippen MR) is 63.7 cm³/mol. The fourth-order valence-corrected chi connectivity index (χ4v) is 2.46. The van der Waals surface area contributed by atoms with E-state index >= 15 is 0 Å². The normalized spacial score (nSPS) is 10.8. The molecule has 2 aromatic rings. The first-order valence-electron chi connectivity index (χ1n) is 5.15. The number of nitrogens with two attached hydrogens (primary N) is 1. The minimum absolute atomic E-state index is 0.610. The Labute approximate surface area is 93.6 Å². The predicted octanol–water partition coefficient (Wildman–Crippen LogP) is 2.48. The molecule has 0 aliphatic rings. The van der Waals surface area contributed by atoms with Crippen LogP contribution in [0.2, 0.25) is 0 Å². The maximum atomic E-state index is 5.60. The lowest BCUT2D eigenvalue weighted by molar-refractivity contribution is 0.686. The Bertz CT molecular complexity index is 430. The molecule has 0 amide bonds. The first-order valence-corrected chi connectivity index (χ1v) is 5.97. The highest BCUT2D eigenvalue weighted by Crippen LogP contribution is 2.26. The quantitative estimate of drug-likeness (QED) is 0.862. The van der Waals surface area contributed by atoms with Crippen molar-refractivity contribution in [3.8, 4) is 10.7 Å². The summed E-state index contributed by atoms with van der Waals surface area (Å²) in [4.78, 5) is 6.79. The molecular weight excluding hydrogens is 206 g/mol. The first-order chi connectivity index (χ1) is 7.35. The van der Waals surface area contributed by atoms with Gasteiger partial charge in [0.15, 0.2) is 0 Å². The third-order valence-electron chi connectivity index (χ3n) is 2.26. The van der Waals surface area contributed by atoms with Crippen molar-refractivity contribution in [1.29, 1.82) is 0 Å². The third-order valence-corrected chi connectivity index (χ3v) is 3.37. The SMILES string of the molecule is CCCn1ccnc1-c1ccc(CN)s1. The fraction of sp³-hybridized carbons (Fsp3) is 0.364. The largest absolute Gasteiger partial charge is 0.330 e. The second kappa shape index (κ2) is 4.59. The van der Waals surface area contributed by atoms with Crippen molar-refractivity contribution in [3.63, 3.8) is 0 Å². The minimum Gasteiger partial charge on any atom is -0.330 e. The summed E-state index contributed by atoms with van der Waals surface area (Å²) in [5.74, 6) is 1.06. The molecule has 2 aromatic heterocycles. The van der Waals surface area contributed by atoms with Gasteiger partial charge in [0.1, 0.15) is 5.82 Å². The van der Waals surface area contributed by atoms with Gasteiger partial charge in [-0.15, -0.1) is 11.3 Å². The molecule has 0 atom stereocenters. The Hall–Kier alpha value is -1.13. The number of aromatic nitrogens is 2. The smallest absolute Gasteiger partial charge is 0.149 e. The lowest BCUT2D eigenvalue weighted by Gasteiger charge is -2.03. The van der Waals surface area contributed by atoms with E-state index in [0.29, 0.717) is 6.54 Å². The maximum Gasteiger partial charge on any atom is 0.149 e. The van der Waals surface area contributed by atoms with Crippen LogP contribution in [0.25, 0.3) is 10.7 Å². The summed E-state index contributed by atoms with van der Waals surface area (Å²) in [6.45, 7) is 3.80. The van der Waals surface area contributed by atoms with Gasteiger partial charge in [0.2, 0.25) is 0 Å². The van der Waals surface area contributed by atoms with E-state index in [1.165, 1.54) is 9.75 Å². The van der Waals surface area contributed by atoms with Crippen LogP contribution in [0.1, 0.15) is 18.2 Å².